The molecule has 0 aliphatic heterocycles. The minimum Gasteiger partial charge on any atom is -0.392 e. The standard InChI is InChI=1S/C9H16O/c1-6(2)8(10)9-3-7(4-9)5-9/h6-8,10H,3-5H2,1-2H3/t7?,8-,9?/m1/s1. The highest BCUT2D eigenvalue weighted by atomic mass is 16.3. The molecule has 1 nitrogen and oxygen atoms in total. The summed E-state index contributed by atoms with van der Waals surface area (Å²) in [6, 6.07) is 0. The average molecular weight is 140 g/mol. The molecule has 0 unspecified atom stereocenters. The highest BCUT2D eigenvalue weighted by Crippen LogP contribution is 2.66. The summed E-state index contributed by atoms with van der Waals surface area (Å²) in [5, 5.41) is 9.74. The lowest BCUT2D eigenvalue weighted by molar-refractivity contribution is -0.195. The zero-order valence-corrected chi connectivity index (χ0v) is 6.80. The maximum atomic E-state index is 9.74. The van der Waals surface area contributed by atoms with E-state index in [0.29, 0.717) is 11.3 Å². The number of aliphatic hydroxyl groups excluding tert-OH is 1. The molecular formula is C9H16O. The second-order valence-corrected chi connectivity index (χ2v) is 4.53. The molecule has 0 radical (unpaired) electrons. The van der Waals surface area contributed by atoms with Crippen LogP contribution >= 0.6 is 0 Å². The van der Waals surface area contributed by atoms with Gasteiger partial charge in [0.2, 0.25) is 0 Å². The molecule has 3 aliphatic rings. The third-order valence-electron chi connectivity index (χ3n) is 3.34. The van der Waals surface area contributed by atoms with Crippen molar-refractivity contribution < 1.29 is 5.11 Å². The van der Waals surface area contributed by atoms with Gasteiger partial charge in [-0.15, -0.1) is 0 Å². The largest absolute Gasteiger partial charge is 0.392 e. The van der Waals surface area contributed by atoms with Crippen molar-refractivity contribution >= 4 is 0 Å². The summed E-state index contributed by atoms with van der Waals surface area (Å²) in [6.07, 6.45) is 3.92. The number of hydrogen-bond donors (Lipinski definition) is 1. The van der Waals surface area contributed by atoms with E-state index in [9.17, 15) is 5.11 Å². The Bertz CT molecular complexity index is 134. The summed E-state index contributed by atoms with van der Waals surface area (Å²) >= 11 is 0. The lowest BCUT2D eigenvalue weighted by atomic mass is 9.41. The first kappa shape index (κ1) is 6.66. The van der Waals surface area contributed by atoms with Crippen LogP contribution in [0, 0.1) is 17.3 Å². The van der Waals surface area contributed by atoms with Crippen LogP contribution in [0.5, 0.6) is 0 Å². The molecule has 10 heavy (non-hydrogen) atoms. The first-order valence-electron chi connectivity index (χ1n) is 4.32. The average Bonchev–Trinajstić information content (AvgIpc) is 1.56. The molecule has 0 aromatic heterocycles. The van der Waals surface area contributed by atoms with Crippen molar-refractivity contribution in [2.24, 2.45) is 17.3 Å². The maximum absolute atomic E-state index is 9.74. The van der Waals surface area contributed by atoms with Crippen molar-refractivity contribution in [2.75, 3.05) is 0 Å². The third-order valence-corrected chi connectivity index (χ3v) is 3.34. The second-order valence-electron chi connectivity index (χ2n) is 4.53. The van der Waals surface area contributed by atoms with Gasteiger partial charge in [0, 0.05) is 0 Å². The molecular weight excluding hydrogens is 124 g/mol. The summed E-state index contributed by atoms with van der Waals surface area (Å²) in [5.74, 6) is 1.45. The van der Waals surface area contributed by atoms with Crippen molar-refractivity contribution in [1.29, 1.82) is 0 Å². The molecule has 0 aromatic rings. The van der Waals surface area contributed by atoms with Crippen molar-refractivity contribution in [3.8, 4) is 0 Å². The Morgan fingerprint density at radius 2 is 1.80 bits per heavy atom. The Hall–Kier alpha value is -0.0400. The predicted molar refractivity (Wildman–Crippen MR) is 40.6 cm³/mol. The topological polar surface area (TPSA) is 20.2 Å². The fourth-order valence-electron chi connectivity index (χ4n) is 2.61. The van der Waals surface area contributed by atoms with E-state index >= 15 is 0 Å². The fourth-order valence-corrected chi connectivity index (χ4v) is 2.61. The molecule has 58 valence electrons. The molecule has 1 heteroatoms. The number of hydrogen-bond acceptors (Lipinski definition) is 1. The van der Waals surface area contributed by atoms with Gasteiger partial charge in [0.15, 0.2) is 0 Å². The van der Waals surface area contributed by atoms with Crippen LogP contribution in [0.2, 0.25) is 0 Å². The molecule has 0 amide bonds. The van der Waals surface area contributed by atoms with Gasteiger partial charge in [0.1, 0.15) is 0 Å². The van der Waals surface area contributed by atoms with Crippen LogP contribution in [0.15, 0.2) is 0 Å². The monoisotopic (exact) mass is 140 g/mol. The first-order chi connectivity index (χ1) is 4.64. The number of rotatable bonds is 2. The minimum atomic E-state index is -0.0162. The maximum Gasteiger partial charge on any atom is 0.0619 e. The van der Waals surface area contributed by atoms with E-state index in [1.807, 2.05) is 0 Å². The zero-order chi connectivity index (χ0) is 7.35. The van der Waals surface area contributed by atoms with Gasteiger partial charge in [0.25, 0.3) is 0 Å². The van der Waals surface area contributed by atoms with Gasteiger partial charge >= 0.3 is 0 Å². The molecule has 1 N–H and O–H groups in total. The second kappa shape index (κ2) is 1.76. The molecule has 3 saturated carbocycles. The van der Waals surface area contributed by atoms with Crippen molar-refractivity contribution in [2.45, 2.75) is 39.2 Å². The van der Waals surface area contributed by atoms with Gasteiger partial charge in [-0.2, -0.15) is 0 Å². The summed E-state index contributed by atoms with van der Waals surface area (Å²) in [5.41, 5.74) is 0.402. The molecule has 3 aliphatic carbocycles. The van der Waals surface area contributed by atoms with Crippen LogP contribution in [0.25, 0.3) is 0 Å². The highest BCUT2D eigenvalue weighted by molar-refractivity contribution is 5.10. The Kier molecular flexibility index (Phi) is 1.17. The zero-order valence-electron chi connectivity index (χ0n) is 6.80. The summed E-state index contributed by atoms with van der Waals surface area (Å²) in [6.45, 7) is 4.23. The SMILES string of the molecule is CC(C)[C@@H](O)C12CC(C1)C2. The van der Waals surface area contributed by atoms with Crippen LogP contribution in [0.3, 0.4) is 0 Å². The van der Waals surface area contributed by atoms with Crippen LogP contribution in [0.4, 0.5) is 0 Å². The summed E-state index contributed by atoms with van der Waals surface area (Å²) < 4.78 is 0. The van der Waals surface area contributed by atoms with E-state index in [-0.39, 0.29) is 6.10 Å². The van der Waals surface area contributed by atoms with Gasteiger partial charge in [-0.25, -0.2) is 0 Å². The predicted octanol–water partition coefficient (Wildman–Crippen LogP) is 1.80. The lowest BCUT2D eigenvalue weighted by Crippen LogP contribution is -2.59. The first-order valence-corrected chi connectivity index (χ1v) is 4.32. The van der Waals surface area contributed by atoms with E-state index in [4.69, 9.17) is 0 Å². The Labute approximate surface area is 62.4 Å². The van der Waals surface area contributed by atoms with E-state index in [1.165, 1.54) is 19.3 Å². The van der Waals surface area contributed by atoms with E-state index < -0.39 is 0 Å². The third kappa shape index (κ3) is 0.619. The van der Waals surface area contributed by atoms with E-state index in [1.54, 1.807) is 0 Å². The molecule has 0 saturated heterocycles. The van der Waals surface area contributed by atoms with Gasteiger partial charge in [-0.05, 0) is 36.5 Å². The number of aliphatic hydroxyl groups is 1. The molecule has 0 aromatic carbocycles. The fraction of sp³-hybridized carbons (Fsp3) is 1.00. The van der Waals surface area contributed by atoms with Crippen LogP contribution in [-0.2, 0) is 0 Å². The molecule has 3 fully saturated rings. The van der Waals surface area contributed by atoms with Gasteiger partial charge < -0.3 is 5.11 Å². The van der Waals surface area contributed by atoms with Crippen molar-refractivity contribution in [3.05, 3.63) is 0 Å². The Balaban J connectivity index is 1.98. The van der Waals surface area contributed by atoms with Gasteiger partial charge in [-0.3, -0.25) is 0 Å². The highest BCUT2D eigenvalue weighted by Gasteiger charge is 2.60. The lowest BCUT2D eigenvalue weighted by Gasteiger charge is -2.64. The smallest absolute Gasteiger partial charge is 0.0619 e. The summed E-state index contributed by atoms with van der Waals surface area (Å²) in [4.78, 5) is 0. The quantitative estimate of drug-likeness (QED) is 0.620. The van der Waals surface area contributed by atoms with Crippen LogP contribution in [-0.4, -0.2) is 11.2 Å². The molecule has 0 spiro atoms. The van der Waals surface area contributed by atoms with E-state index in [0.717, 1.165) is 5.92 Å². The van der Waals surface area contributed by atoms with E-state index in [2.05, 4.69) is 13.8 Å². The molecule has 1 atom stereocenters. The Morgan fingerprint density at radius 1 is 1.30 bits per heavy atom. The molecule has 2 bridgehead atoms. The molecule has 0 heterocycles. The summed E-state index contributed by atoms with van der Waals surface area (Å²) in [7, 11) is 0. The van der Waals surface area contributed by atoms with Crippen LogP contribution in [0.1, 0.15) is 33.1 Å². The minimum absolute atomic E-state index is 0.0162. The van der Waals surface area contributed by atoms with Crippen molar-refractivity contribution in [1.82, 2.24) is 0 Å². The van der Waals surface area contributed by atoms with Gasteiger partial charge in [-0.1, -0.05) is 13.8 Å². The van der Waals surface area contributed by atoms with Gasteiger partial charge in [0.05, 0.1) is 6.10 Å². The van der Waals surface area contributed by atoms with Crippen LogP contribution < -0.4 is 0 Å². The van der Waals surface area contributed by atoms with Crippen molar-refractivity contribution in [3.63, 3.8) is 0 Å². The normalized spacial score (nSPS) is 46.2. The molecule has 3 rings (SSSR count). The Morgan fingerprint density at radius 3 is 1.90 bits per heavy atom.